The number of likely N-dealkylation sites (tertiary alicyclic amines) is 1. The van der Waals surface area contributed by atoms with Gasteiger partial charge in [-0.15, -0.1) is 0 Å². The first-order valence-electron chi connectivity index (χ1n) is 11.0. The summed E-state index contributed by atoms with van der Waals surface area (Å²) in [5.74, 6) is 0. The summed E-state index contributed by atoms with van der Waals surface area (Å²) in [6, 6.07) is 13.4. The number of pyridine rings is 1. The summed E-state index contributed by atoms with van der Waals surface area (Å²) < 4.78 is 2.17. The zero-order valence-corrected chi connectivity index (χ0v) is 19.0. The van der Waals surface area contributed by atoms with E-state index in [1.54, 1.807) is 0 Å². The summed E-state index contributed by atoms with van der Waals surface area (Å²) in [6.07, 6.45) is 4.43. The van der Waals surface area contributed by atoms with E-state index in [1.165, 1.54) is 24.1 Å². The van der Waals surface area contributed by atoms with Crippen molar-refractivity contribution in [2.45, 2.75) is 51.6 Å². The number of hydrogen-bond acceptors (Lipinski definition) is 4. The number of piperidine rings is 1. The molecule has 0 bridgehead atoms. The molecule has 0 spiro atoms. The lowest BCUT2D eigenvalue weighted by atomic mass is 9.86. The van der Waals surface area contributed by atoms with Crippen LogP contribution in [0.5, 0.6) is 0 Å². The lowest BCUT2D eigenvalue weighted by Crippen LogP contribution is -2.41. The van der Waals surface area contributed by atoms with Crippen LogP contribution in [-0.4, -0.2) is 52.4 Å². The van der Waals surface area contributed by atoms with E-state index in [0.29, 0.717) is 6.04 Å². The molecule has 0 amide bonds. The Morgan fingerprint density at radius 2 is 1.73 bits per heavy atom. The highest BCUT2D eigenvalue weighted by Crippen LogP contribution is 2.30. The lowest BCUT2D eigenvalue weighted by Gasteiger charge is -2.35. The number of hydrogen-bond donors (Lipinski definition) is 1. The van der Waals surface area contributed by atoms with Crippen LogP contribution in [0.3, 0.4) is 0 Å². The third kappa shape index (κ3) is 4.23. The molecule has 0 radical (unpaired) electrons. The van der Waals surface area contributed by atoms with Crippen LogP contribution in [0.4, 0.5) is 5.69 Å². The van der Waals surface area contributed by atoms with Crippen LogP contribution < -0.4 is 5.73 Å². The van der Waals surface area contributed by atoms with Crippen molar-refractivity contribution in [2.75, 3.05) is 32.9 Å². The molecule has 0 saturated carbocycles. The zero-order chi connectivity index (χ0) is 21.5. The Balaban J connectivity index is 1.71. The van der Waals surface area contributed by atoms with E-state index in [-0.39, 0.29) is 5.41 Å². The zero-order valence-electron chi connectivity index (χ0n) is 19.0. The minimum atomic E-state index is 0.142. The summed E-state index contributed by atoms with van der Waals surface area (Å²) >= 11 is 0. The van der Waals surface area contributed by atoms with Gasteiger partial charge in [-0.25, -0.2) is 4.98 Å². The molecule has 1 saturated heterocycles. The summed E-state index contributed by atoms with van der Waals surface area (Å²) in [7, 11) is 4.46. The van der Waals surface area contributed by atoms with Gasteiger partial charge in [0.2, 0.25) is 0 Å². The van der Waals surface area contributed by atoms with E-state index in [9.17, 15) is 0 Å². The Bertz CT molecular complexity index is 1000. The maximum atomic E-state index is 6.13. The quantitative estimate of drug-likeness (QED) is 0.699. The van der Waals surface area contributed by atoms with Crippen LogP contribution in [-0.2, 0) is 12.0 Å². The van der Waals surface area contributed by atoms with Gasteiger partial charge in [0.1, 0.15) is 5.65 Å². The van der Waals surface area contributed by atoms with E-state index in [0.717, 1.165) is 42.2 Å². The Hall–Kier alpha value is -2.37. The number of nitrogens with zero attached hydrogens (tertiary/aromatic N) is 4. The predicted octanol–water partition coefficient (Wildman–Crippen LogP) is 4.41. The fraction of sp³-hybridized carbons (Fsp3) is 0.480. The molecule has 160 valence electrons. The van der Waals surface area contributed by atoms with Crippen molar-refractivity contribution in [3.8, 4) is 11.3 Å². The first-order valence-corrected chi connectivity index (χ1v) is 11.0. The number of fused-ring (bicyclic) bond motifs is 1. The second kappa shape index (κ2) is 8.05. The summed E-state index contributed by atoms with van der Waals surface area (Å²) in [5.41, 5.74) is 12.8. The fourth-order valence-corrected chi connectivity index (χ4v) is 4.42. The largest absolute Gasteiger partial charge is 0.398 e. The van der Waals surface area contributed by atoms with Crippen LogP contribution in [0.25, 0.3) is 16.9 Å². The number of benzene rings is 1. The average molecular weight is 406 g/mol. The molecular weight excluding hydrogens is 370 g/mol. The number of nitrogens with two attached hydrogens (primary N) is 1. The molecule has 3 aromatic rings. The number of anilines is 1. The predicted molar refractivity (Wildman–Crippen MR) is 126 cm³/mol. The summed E-state index contributed by atoms with van der Waals surface area (Å²) in [6.45, 7) is 9.93. The first-order chi connectivity index (χ1) is 14.2. The first kappa shape index (κ1) is 20.9. The molecule has 2 N–H and O–H groups in total. The Morgan fingerprint density at radius 1 is 1.07 bits per heavy atom. The van der Waals surface area contributed by atoms with Crippen LogP contribution in [0.1, 0.15) is 44.9 Å². The monoisotopic (exact) mass is 405 g/mol. The summed E-state index contributed by atoms with van der Waals surface area (Å²) in [4.78, 5) is 9.91. The van der Waals surface area contributed by atoms with Crippen molar-refractivity contribution in [2.24, 2.45) is 0 Å². The van der Waals surface area contributed by atoms with Gasteiger partial charge in [0, 0.05) is 30.0 Å². The second-order valence-corrected chi connectivity index (χ2v) is 9.87. The van der Waals surface area contributed by atoms with Crippen molar-refractivity contribution in [3.63, 3.8) is 0 Å². The molecule has 0 atom stereocenters. The molecule has 1 fully saturated rings. The molecule has 30 heavy (non-hydrogen) atoms. The Labute approximate surface area is 180 Å². The van der Waals surface area contributed by atoms with Crippen molar-refractivity contribution < 1.29 is 0 Å². The highest BCUT2D eigenvalue weighted by Gasteiger charge is 2.24. The molecule has 3 heterocycles. The minimum absolute atomic E-state index is 0.142. The van der Waals surface area contributed by atoms with E-state index in [4.69, 9.17) is 10.7 Å². The molecular formula is C25H35N5. The van der Waals surface area contributed by atoms with Gasteiger partial charge in [0.25, 0.3) is 0 Å². The SMILES string of the molecule is CN1CCC(N(C)Cc2c(-c3ccc(C(C)(C)C)cc3)nc3ccc(N)cn23)CC1. The molecule has 1 aromatic carbocycles. The van der Waals surface area contributed by atoms with Gasteiger partial charge in [-0.1, -0.05) is 45.0 Å². The third-order valence-electron chi connectivity index (χ3n) is 6.48. The van der Waals surface area contributed by atoms with Crippen LogP contribution in [0.15, 0.2) is 42.6 Å². The van der Waals surface area contributed by atoms with Crippen molar-refractivity contribution in [1.82, 2.24) is 19.2 Å². The van der Waals surface area contributed by atoms with Crippen molar-refractivity contribution >= 4 is 11.3 Å². The highest BCUT2D eigenvalue weighted by atomic mass is 15.2. The van der Waals surface area contributed by atoms with Crippen LogP contribution in [0.2, 0.25) is 0 Å². The molecule has 1 aliphatic rings. The van der Waals surface area contributed by atoms with Crippen LogP contribution >= 0.6 is 0 Å². The lowest BCUT2D eigenvalue weighted by molar-refractivity contribution is 0.138. The molecule has 2 aromatic heterocycles. The van der Waals surface area contributed by atoms with E-state index in [2.05, 4.69) is 73.3 Å². The standard InChI is InChI=1S/C25H35N5/c1-25(2,3)19-8-6-18(7-9-19)24-22(30-16-20(26)10-11-23(30)27-24)17-29(5)21-12-14-28(4)15-13-21/h6-11,16,21H,12-15,17,26H2,1-5H3. The van der Waals surface area contributed by atoms with Gasteiger partial charge >= 0.3 is 0 Å². The third-order valence-corrected chi connectivity index (χ3v) is 6.48. The fourth-order valence-electron chi connectivity index (χ4n) is 4.42. The smallest absolute Gasteiger partial charge is 0.137 e. The maximum Gasteiger partial charge on any atom is 0.137 e. The second-order valence-electron chi connectivity index (χ2n) is 9.87. The molecule has 1 aliphatic heterocycles. The van der Waals surface area contributed by atoms with E-state index < -0.39 is 0 Å². The minimum Gasteiger partial charge on any atom is -0.398 e. The average Bonchev–Trinajstić information content (AvgIpc) is 3.05. The van der Waals surface area contributed by atoms with E-state index >= 15 is 0 Å². The van der Waals surface area contributed by atoms with Gasteiger partial charge in [-0.05, 0) is 63.1 Å². The van der Waals surface area contributed by atoms with Crippen molar-refractivity contribution in [3.05, 3.63) is 53.9 Å². The highest BCUT2D eigenvalue weighted by molar-refractivity contribution is 5.68. The molecule has 5 nitrogen and oxygen atoms in total. The number of aromatic nitrogens is 2. The van der Waals surface area contributed by atoms with E-state index in [1.807, 2.05) is 18.3 Å². The molecule has 0 unspecified atom stereocenters. The normalized spacial score (nSPS) is 16.6. The van der Waals surface area contributed by atoms with Gasteiger partial charge in [-0.3, -0.25) is 4.90 Å². The van der Waals surface area contributed by atoms with Gasteiger partial charge in [-0.2, -0.15) is 0 Å². The topological polar surface area (TPSA) is 49.8 Å². The molecule has 0 aliphatic carbocycles. The number of rotatable bonds is 4. The molecule has 5 heteroatoms. The number of imidazole rings is 1. The Morgan fingerprint density at radius 3 is 2.37 bits per heavy atom. The molecule has 4 rings (SSSR count). The van der Waals surface area contributed by atoms with Crippen molar-refractivity contribution in [1.29, 1.82) is 0 Å². The Kier molecular flexibility index (Phi) is 5.60. The van der Waals surface area contributed by atoms with Gasteiger partial charge in [0.05, 0.1) is 11.4 Å². The maximum absolute atomic E-state index is 6.13. The van der Waals surface area contributed by atoms with Gasteiger partial charge in [0.15, 0.2) is 0 Å². The van der Waals surface area contributed by atoms with Gasteiger partial charge < -0.3 is 15.0 Å². The van der Waals surface area contributed by atoms with Crippen LogP contribution in [0, 0.1) is 0 Å². The number of nitrogen functional groups attached to an aromatic ring is 1. The summed E-state index contributed by atoms with van der Waals surface area (Å²) in [5, 5.41) is 0.